The third-order valence-corrected chi connectivity index (χ3v) is 4.46. The molecular weight excluding hydrogens is 386 g/mol. The molecule has 0 unspecified atom stereocenters. The van der Waals surface area contributed by atoms with Gasteiger partial charge in [-0.2, -0.15) is 0 Å². The van der Waals surface area contributed by atoms with Crippen molar-refractivity contribution in [1.82, 2.24) is 5.32 Å². The van der Waals surface area contributed by atoms with Gasteiger partial charge in [-0.05, 0) is 36.6 Å². The van der Waals surface area contributed by atoms with Crippen LogP contribution in [0.1, 0.15) is 16.7 Å². The van der Waals surface area contributed by atoms with E-state index in [-0.39, 0.29) is 12.5 Å². The van der Waals surface area contributed by atoms with Gasteiger partial charge in [0.15, 0.2) is 18.1 Å². The van der Waals surface area contributed by atoms with Crippen LogP contribution in [-0.2, 0) is 20.7 Å². The van der Waals surface area contributed by atoms with Gasteiger partial charge in [0.05, 0.1) is 21.3 Å². The first-order chi connectivity index (χ1) is 14.5. The summed E-state index contributed by atoms with van der Waals surface area (Å²) in [5.74, 6) is 0.524. The lowest BCUT2D eigenvalue weighted by molar-refractivity contribution is -0.143. The molecule has 0 aliphatic carbocycles. The number of ether oxygens (including phenoxy) is 4. The summed E-state index contributed by atoms with van der Waals surface area (Å²) >= 11 is 0. The van der Waals surface area contributed by atoms with E-state index in [0.717, 1.165) is 0 Å². The highest BCUT2D eigenvalue weighted by atomic mass is 16.5. The van der Waals surface area contributed by atoms with Gasteiger partial charge in [0.1, 0.15) is 5.75 Å². The van der Waals surface area contributed by atoms with Gasteiger partial charge in [-0.15, -0.1) is 0 Å². The number of carbonyl (C=O) groups is 2. The fourth-order valence-electron chi connectivity index (χ4n) is 2.80. The van der Waals surface area contributed by atoms with Crippen molar-refractivity contribution in [3.8, 4) is 17.2 Å². The van der Waals surface area contributed by atoms with Crippen LogP contribution in [0.4, 0.5) is 0 Å². The number of amides is 1. The molecule has 0 atom stereocenters. The number of nitrogens with one attached hydrogen (secondary N) is 1. The zero-order chi connectivity index (χ0) is 21.9. The molecule has 0 fully saturated rings. The predicted octanol–water partition coefficient (Wildman–Crippen LogP) is 2.94. The Morgan fingerprint density at radius 1 is 0.967 bits per heavy atom. The van der Waals surface area contributed by atoms with Gasteiger partial charge in [-0.25, -0.2) is 4.79 Å². The molecule has 0 bridgehead atoms. The van der Waals surface area contributed by atoms with E-state index in [9.17, 15) is 9.59 Å². The normalized spacial score (nSPS) is 10.5. The predicted molar refractivity (Wildman–Crippen MR) is 114 cm³/mol. The minimum absolute atomic E-state index is 0.347. The van der Waals surface area contributed by atoms with Gasteiger partial charge >= 0.3 is 5.97 Å². The first-order valence-electron chi connectivity index (χ1n) is 9.44. The zero-order valence-electron chi connectivity index (χ0n) is 17.7. The maximum absolute atomic E-state index is 12.0. The minimum Gasteiger partial charge on any atom is -0.496 e. The van der Waals surface area contributed by atoms with Gasteiger partial charge in [-0.1, -0.05) is 24.3 Å². The lowest BCUT2D eigenvalue weighted by Gasteiger charge is -2.12. The number of carbonyl (C=O) groups excluding carboxylic acids is 2. The Hall–Kier alpha value is -3.48. The number of esters is 1. The Kier molecular flexibility index (Phi) is 8.75. The maximum atomic E-state index is 12.0. The third-order valence-electron chi connectivity index (χ3n) is 4.46. The van der Waals surface area contributed by atoms with E-state index >= 15 is 0 Å². The van der Waals surface area contributed by atoms with Gasteiger partial charge in [0.25, 0.3) is 5.91 Å². The molecule has 0 aliphatic rings. The highest BCUT2D eigenvalue weighted by Gasteiger charge is 2.11. The van der Waals surface area contributed by atoms with Crippen LogP contribution in [0.3, 0.4) is 0 Å². The molecule has 0 aromatic heterocycles. The number of aryl methyl sites for hydroxylation is 1. The van der Waals surface area contributed by atoms with E-state index in [0.29, 0.717) is 35.8 Å². The molecule has 2 rings (SSSR count). The Balaban J connectivity index is 1.84. The number of benzene rings is 2. The summed E-state index contributed by atoms with van der Waals surface area (Å²) < 4.78 is 20.8. The van der Waals surface area contributed by atoms with Crippen LogP contribution in [-0.4, -0.2) is 46.4 Å². The fraction of sp³-hybridized carbons (Fsp3) is 0.304. The van der Waals surface area contributed by atoms with Crippen molar-refractivity contribution in [3.05, 3.63) is 59.2 Å². The molecule has 160 valence electrons. The molecule has 0 radical (unpaired) electrons. The van der Waals surface area contributed by atoms with Crippen LogP contribution in [0.25, 0.3) is 6.08 Å². The molecular formula is C23H27NO6. The van der Waals surface area contributed by atoms with E-state index in [2.05, 4.69) is 5.32 Å². The molecule has 7 heteroatoms. The van der Waals surface area contributed by atoms with Crippen LogP contribution in [0.2, 0.25) is 0 Å². The van der Waals surface area contributed by atoms with E-state index in [1.54, 1.807) is 12.1 Å². The van der Waals surface area contributed by atoms with E-state index in [1.807, 2.05) is 31.2 Å². The molecule has 2 aromatic rings. The highest BCUT2D eigenvalue weighted by Crippen LogP contribution is 2.35. The molecule has 1 N–H and O–H groups in total. The van der Waals surface area contributed by atoms with Crippen molar-refractivity contribution in [2.75, 3.05) is 34.5 Å². The highest BCUT2D eigenvalue weighted by molar-refractivity contribution is 5.89. The SMILES string of the molecule is COc1cc(OC)c(OC)cc1/C=C/C(=O)OCC(=O)NCCc1ccccc1C. The molecule has 0 spiro atoms. The van der Waals surface area contributed by atoms with Crippen LogP contribution in [0, 0.1) is 6.92 Å². The zero-order valence-corrected chi connectivity index (χ0v) is 17.7. The van der Waals surface area contributed by atoms with E-state index in [4.69, 9.17) is 18.9 Å². The number of hydrogen-bond donors (Lipinski definition) is 1. The molecule has 0 aliphatic heterocycles. The summed E-state index contributed by atoms with van der Waals surface area (Å²) in [5, 5.41) is 2.74. The summed E-state index contributed by atoms with van der Waals surface area (Å²) in [7, 11) is 4.55. The fourth-order valence-corrected chi connectivity index (χ4v) is 2.80. The maximum Gasteiger partial charge on any atom is 0.331 e. The summed E-state index contributed by atoms with van der Waals surface area (Å²) in [5.41, 5.74) is 2.95. The third kappa shape index (κ3) is 6.55. The molecule has 1 amide bonds. The van der Waals surface area contributed by atoms with Crippen molar-refractivity contribution in [1.29, 1.82) is 0 Å². The number of hydrogen-bond acceptors (Lipinski definition) is 6. The molecule has 0 saturated heterocycles. The quantitative estimate of drug-likeness (QED) is 0.476. The lowest BCUT2D eigenvalue weighted by Crippen LogP contribution is -2.30. The topological polar surface area (TPSA) is 83.1 Å². The summed E-state index contributed by atoms with van der Waals surface area (Å²) in [6.45, 7) is 2.15. The van der Waals surface area contributed by atoms with Crippen molar-refractivity contribution in [2.45, 2.75) is 13.3 Å². The first kappa shape index (κ1) is 22.8. The molecule has 0 saturated carbocycles. The molecule has 2 aromatic carbocycles. The van der Waals surface area contributed by atoms with Gasteiger partial charge in [0, 0.05) is 24.3 Å². The van der Waals surface area contributed by atoms with Gasteiger partial charge < -0.3 is 24.3 Å². The van der Waals surface area contributed by atoms with Gasteiger partial charge in [-0.3, -0.25) is 4.79 Å². The van der Waals surface area contributed by atoms with E-state index in [1.165, 1.54) is 44.6 Å². The Bertz CT molecular complexity index is 907. The second-order valence-corrected chi connectivity index (χ2v) is 6.42. The Morgan fingerprint density at radius 3 is 2.30 bits per heavy atom. The Labute approximate surface area is 176 Å². The number of rotatable bonds is 10. The lowest BCUT2D eigenvalue weighted by atomic mass is 10.1. The molecule has 7 nitrogen and oxygen atoms in total. The van der Waals surface area contributed by atoms with Crippen LogP contribution in [0.15, 0.2) is 42.5 Å². The second kappa shape index (κ2) is 11.5. The summed E-state index contributed by atoms with van der Waals surface area (Å²) in [6, 6.07) is 11.3. The summed E-state index contributed by atoms with van der Waals surface area (Å²) in [4.78, 5) is 23.8. The smallest absolute Gasteiger partial charge is 0.331 e. The second-order valence-electron chi connectivity index (χ2n) is 6.42. The van der Waals surface area contributed by atoms with Crippen LogP contribution in [0.5, 0.6) is 17.2 Å². The Morgan fingerprint density at radius 2 is 1.63 bits per heavy atom. The molecule has 30 heavy (non-hydrogen) atoms. The average molecular weight is 413 g/mol. The van der Waals surface area contributed by atoms with Crippen molar-refractivity contribution < 1.29 is 28.5 Å². The number of methoxy groups -OCH3 is 3. The van der Waals surface area contributed by atoms with Crippen molar-refractivity contribution in [3.63, 3.8) is 0 Å². The minimum atomic E-state index is -0.638. The standard InChI is InChI=1S/C23H27NO6/c1-16-7-5-6-8-17(16)11-12-24-22(25)15-30-23(26)10-9-18-13-20(28-3)21(29-4)14-19(18)27-2/h5-10,13-14H,11-12,15H2,1-4H3,(H,24,25)/b10-9+. The molecule has 0 heterocycles. The first-order valence-corrected chi connectivity index (χ1v) is 9.44. The van der Waals surface area contributed by atoms with Crippen LogP contribution >= 0.6 is 0 Å². The monoisotopic (exact) mass is 413 g/mol. The van der Waals surface area contributed by atoms with Crippen LogP contribution < -0.4 is 19.5 Å². The average Bonchev–Trinajstić information content (AvgIpc) is 2.76. The largest absolute Gasteiger partial charge is 0.496 e. The van der Waals surface area contributed by atoms with Crippen molar-refractivity contribution in [2.24, 2.45) is 0 Å². The van der Waals surface area contributed by atoms with Crippen molar-refractivity contribution >= 4 is 18.0 Å². The van der Waals surface area contributed by atoms with Gasteiger partial charge in [0.2, 0.25) is 0 Å². The summed E-state index contributed by atoms with van der Waals surface area (Å²) in [6.07, 6.45) is 3.47. The van der Waals surface area contributed by atoms with E-state index < -0.39 is 5.97 Å².